The van der Waals surface area contributed by atoms with E-state index in [1.165, 1.54) is 19.1 Å². The Morgan fingerprint density at radius 1 is 1.12 bits per heavy atom. The zero-order valence-electron chi connectivity index (χ0n) is 17.8. The van der Waals surface area contributed by atoms with Gasteiger partial charge in [-0.25, -0.2) is 13.1 Å². The van der Waals surface area contributed by atoms with E-state index in [0.29, 0.717) is 17.9 Å². The highest BCUT2D eigenvalue weighted by atomic mass is 32.2. The second kappa shape index (κ2) is 8.32. The maximum atomic E-state index is 13.3. The van der Waals surface area contributed by atoms with Crippen molar-refractivity contribution in [3.63, 3.8) is 0 Å². The summed E-state index contributed by atoms with van der Waals surface area (Å²) >= 11 is 0. The van der Waals surface area contributed by atoms with Gasteiger partial charge in [-0.15, -0.1) is 0 Å². The summed E-state index contributed by atoms with van der Waals surface area (Å²) in [5.41, 5.74) is 0.720. The van der Waals surface area contributed by atoms with Crippen LogP contribution in [0.4, 0.5) is 0 Å². The van der Waals surface area contributed by atoms with Crippen LogP contribution < -0.4 is 23.7 Å². The van der Waals surface area contributed by atoms with Gasteiger partial charge in [0.15, 0.2) is 17.3 Å². The van der Waals surface area contributed by atoms with E-state index < -0.39 is 22.4 Å². The number of ketones is 1. The van der Waals surface area contributed by atoms with Crippen LogP contribution in [0.3, 0.4) is 0 Å². The fourth-order valence-electron chi connectivity index (χ4n) is 3.74. The summed E-state index contributed by atoms with van der Waals surface area (Å²) in [5, 5.41) is 0. The minimum Gasteiger partial charge on any atom is -0.497 e. The van der Waals surface area contributed by atoms with Crippen LogP contribution in [0.25, 0.3) is 0 Å². The first-order chi connectivity index (χ1) is 15.3. The van der Waals surface area contributed by atoms with Crippen molar-refractivity contribution in [1.82, 2.24) is 9.62 Å². The molecule has 0 bridgehead atoms. The molecule has 1 amide bonds. The van der Waals surface area contributed by atoms with Crippen molar-refractivity contribution in [3.8, 4) is 23.0 Å². The number of Topliss-reactive ketones (excluding diaryl/α,β-unsaturated/α-hetero) is 1. The second-order valence-corrected chi connectivity index (χ2v) is 8.94. The van der Waals surface area contributed by atoms with Crippen molar-refractivity contribution in [2.75, 3.05) is 41.1 Å². The number of hydrogen-bond donors (Lipinski definition) is 1. The lowest BCUT2D eigenvalue weighted by atomic mass is 9.97. The van der Waals surface area contributed by atoms with Crippen molar-refractivity contribution in [1.29, 1.82) is 0 Å². The molecule has 0 radical (unpaired) electrons. The van der Waals surface area contributed by atoms with Crippen LogP contribution in [-0.2, 0) is 16.4 Å². The standard InChI is InChI=1S/C21H22N2O8S/c1-23-9-8-14-16(21(23)25)17(29-3)18-19(31-11-30-18)20(14)32(26,27)22-10-15(24)12-4-6-13(28-2)7-5-12/h4-7,22H,8-11H2,1-3H3. The molecule has 0 saturated carbocycles. The second-order valence-electron chi connectivity index (χ2n) is 7.23. The van der Waals surface area contributed by atoms with Crippen LogP contribution in [0.1, 0.15) is 26.3 Å². The molecule has 0 spiro atoms. The van der Waals surface area contributed by atoms with Crippen molar-refractivity contribution >= 4 is 21.7 Å². The molecule has 2 aromatic rings. The molecule has 170 valence electrons. The fourth-order valence-corrected chi connectivity index (χ4v) is 5.13. The predicted octanol–water partition coefficient (Wildman–Crippen LogP) is 1.22. The number of rotatable bonds is 7. The van der Waals surface area contributed by atoms with Crippen LogP contribution >= 0.6 is 0 Å². The summed E-state index contributed by atoms with van der Waals surface area (Å²) < 4.78 is 50.3. The molecule has 0 aliphatic carbocycles. The molecule has 10 nitrogen and oxygen atoms in total. The quantitative estimate of drug-likeness (QED) is 0.610. The Bertz CT molecular complexity index is 1190. The van der Waals surface area contributed by atoms with E-state index in [1.54, 1.807) is 31.3 Å². The summed E-state index contributed by atoms with van der Waals surface area (Å²) in [7, 11) is 0.266. The Balaban J connectivity index is 1.71. The smallest absolute Gasteiger partial charge is 0.257 e. The van der Waals surface area contributed by atoms with Crippen molar-refractivity contribution in [2.45, 2.75) is 11.3 Å². The highest BCUT2D eigenvalue weighted by molar-refractivity contribution is 7.89. The van der Waals surface area contributed by atoms with E-state index in [0.717, 1.165) is 0 Å². The number of nitrogens with zero attached hydrogens (tertiary/aromatic N) is 1. The molecule has 1 N–H and O–H groups in total. The van der Waals surface area contributed by atoms with Gasteiger partial charge in [0.25, 0.3) is 5.91 Å². The van der Waals surface area contributed by atoms with E-state index in [-0.39, 0.29) is 52.4 Å². The number of ether oxygens (including phenoxy) is 4. The Labute approximate surface area is 185 Å². The van der Waals surface area contributed by atoms with Gasteiger partial charge < -0.3 is 23.8 Å². The first-order valence-corrected chi connectivity index (χ1v) is 11.2. The molecular formula is C21H22N2O8S. The molecule has 11 heteroatoms. The molecule has 2 aliphatic heterocycles. The molecule has 2 aliphatic rings. The molecular weight excluding hydrogens is 440 g/mol. The van der Waals surface area contributed by atoms with Crippen LogP contribution in [0.5, 0.6) is 23.0 Å². The molecule has 2 aromatic carbocycles. The normalized spacial score (nSPS) is 14.8. The summed E-state index contributed by atoms with van der Waals surface area (Å²) in [6, 6.07) is 6.32. The van der Waals surface area contributed by atoms with Crippen LogP contribution in [0.15, 0.2) is 29.2 Å². The number of methoxy groups -OCH3 is 2. The molecule has 4 rings (SSSR count). The third kappa shape index (κ3) is 3.63. The van der Waals surface area contributed by atoms with Gasteiger partial charge in [0.1, 0.15) is 10.6 Å². The van der Waals surface area contributed by atoms with Gasteiger partial charge >= 0.3 is 0 Å². The van der Waals surface area contributed by atoms with E-state index in [2.05, 4.69) is 4.72 Å². The minimum absolute atomic E-state index is 0.0256. The van der Waals surface area contributed by atoms with E-state index in [1.807, 2.05) is 0 Å². The SMILES string of the molecule is COc1ccc(C(=O)CNS(=O)(=O)c2c3c(c(OC)c4c2OCO4)C(=O)N(C)CC3)cc1. The maximum Gasteiger partial charge on any atom is 0.257 e. The monoisotopic (exact) mass is 462 g/mol. The number of sulfonamides is 1. The van der Waals surface area contributed by atoms with E-state index in [4.69, 9.17) is 18.9 Å². The zero-order valence-corrected chi connectivity index (χ0v) is 18.6. The Morgan fingerprint density at radius 2 is 1.81 bits per heavy atom. The molecule has 0 saturated heterocycles. The number of amides is 1. The van der Waals surface area contributed by atoms with Gasteiger partial charge in [-0.1, -0.05) is 0 Å². The fraction of sp³-hybridized carbons (Fsp3) is 0.333. The molecule has 2 heterocycles. The van der Waals surface area contributed by atoms with Gasteiger partial charge in [0.05, 0.1) is 26.3 Å². The highest BCUT2D eigenvalue weighted by Crippen LogP contribution is 2.51. The summed E-state index contributed by atoms with van der Waals surface area (Å²) in [6.07, 6.45) is 0.271. The zero-order chi connectivity index (χ0) is 23.0. The van der Waals surface area contributed by atoms with Gasteiger partial charge in [0.2, 0.25) is 22.6 Å². The average molecular weight is 462 g/mol. The first-order valence-electron chi connectivity index (χ1n) is 9.73. The minimum atomic E-state index is -4.24. The number of hydrogen-bond acceptors (Lipinski definition) is 8. The van der Waals surface area contributed by atoms with E-state index >= 15 is 0 Å². The summed E-state index contributed by atoms with van der Waals surface area (Å²) in [5.74, 6) is -0.0684. The molecule has 0 aromatic heterocycles. The van der Waals surface area contributed by atoms with Crippen LogP contribution in [0, 0.1) is 0 Å². The predicted molar refractivity (Wildman–Crippen MR) is 112 cm³/mol. The third-order valence-corrected chi connectivity index (χ3v) is 6.89. The Hall–Kier alpha value is -3.31. The largest absolute Gasteiger partial charge is 0.497 e. The average Bonchev–Trinajstić information content (AvgIpc) is 3.27. The van der Waals surface area contributed by atoms with Gasteiger partial charge in [-0.2, -0.15) is 0 Å². The Morgan fingerprint density at radius 3 is 2.47 bits per heavy atom. The molecule has 32 heavy (non-hydrogen) atoms. The lowest BCUT2D eigenvalue weighted by Gasteiger charge is -2.28. The molecule has 0 fully saturated rings. The molecule has 0 unspecified atom stereocenters. The number of carbonyl (C=O) groups excluding carboxylic acids is 2. The van der Waals surface area contributed by atoms with Gasteiger partial charge in [-0.05, 0) is 36.2 Å². The van der Waals surface area contributed by atoms with Crippen molar-refractivity contribution in [3.05, 3.63) is 41.0 Å². The Kier molecular flexibility index (Phi) is 5.70. The highest BCUT2D eigenvalue weighted by Gasteiger charge is 2.40. The lowest BCUT2D eigenvalue weighted by Crippen LogP contribution is -2.37. The topological polar surface area (TPSA) is 120 Å². The summed E-state index contributed by atoms with van der Waals surface area (Å²) in [4.78, 5) is 26.7. The third-order valence-electron chi connectivity index (χ3n) is 5.39. The van der Waals surface area contributed by atoms with Crippen molar-refractivity contribution in [2.24, 2.45) is 0 Å². The maximum absolute atomic E-state index is 13.3. The molecule has 0 atom stereocenters. The number of likely N-dealkylation sites (N-methyl/N-ethyl adjacent to an activating group) is 1. The number of benzene rings is 2. The van der Waals surface area contributed by atoms with Crippen LogP contribution in [0.2, 0.25) is 0 Å². The van der Waals surface area contributed by atoms with Gasteiger partial charge in [0, 0.05) is 19.2 Å². The van der Waals surface area contributed by atoms with Crippen LogP contribution in [-0.4, -0.2) is 66.2 Å². The van der Waals surface area contributed by atoms with Crippen molar-refractivity contribution < 1.29 is 37.0 Å². The van der Waals surface area contributed by atoms with E-state index in [9.17, 15) is 18.0 Å². The summed E-state index contributed by atoms with van der Waals surface area (Å²) in [6.45, 7) is -0.368. The first kappa shape index (κ1) is 21.9. The lowest BCUT2D eigenvalue weighted by molar-refractivity contribution is 0.0774. The number of carbonyl (C=O) groups is 2. The number of nitrogens with one attached hydrogen (secondary N) is 1. The van der Waals surface area contributed by atoms with Gasteiger partial charge in [-0.3, -0.25) is 9.59 Å². The number of fused-ring (bicyclic) bond motifs is 2.